The van der Waals surface area contributed by atoms with Crippen molar-refractivity contribution in [2.45, 2.75) is 31.7 Å². The first-order valence-corrected chi connectivity index (χ1v) is 8.07. The van der Waals surface area contributed by atoms with E-state index in [9.17, 15) is 19.2 Å². The van der Waals surface area contributed by atoms with Crippen LogP contribution in [0.3, 0.4) is 0 Å². The number of hydrogen-bond donors (Lipinski definition) is 4. The fourth-order valence-corrected chi connectivity index (χ4v) is 3.34. The smallest absolute Gasteiger partial charge is 0.322 e. The van der Waals surface area contributed by atoms with Gasteiger partial charge in [0.25, 0.3) is 5.91 Å². The number of urea groups is 1. The summed E-state index contributed by atoms with van der Waals surface area (Å²) in [4.78, 5) is 46.8. The molecule has 2 fully saturated rings. The zero-order chi connectivity index (χ0) is 18.2. The molecule has 3 atom stereocenters. The highest BCUT2D eigenvalue weighted by Crippen LogP contribution is 2.32. The number of rotatable bonds is 4. The summed E-state index contributed by atoms with van der Waals surface area (Å²) in [6, 6.07) is 6.13. The number of carbonyl (C=O) groups excluding carboxylic acids is 3. The Kier molecular flexibility index (Phi) is 4.20. The molecule has 25 heavy (non-hydrogen) atoms. The number of nitrogens with one attached hydrogen (secondary N) is 3. The first-order valence-electron chi connectivity index (χ1n) is 8.07. The van der Waals surface area contributed by atoms with Gasteiger partial charge in [-0.1, -0.05) is 12.1 Å². The van der Waals surface area contributed by atoms with E-state index in [1.807, 2.05) is 0 Å². The number of hydrogen-bond acceptors (Lipinski definition) is 4. The van der Waals surface area contributed by atoms with Crippen molar-refractivity contribution < 1.29 is 24.3 Å². The number of benzene rings is 1. The molecule has 0 aromatic heterocycles. The van der Waals surface area contributed by atoms with E-state index in [1.54, 1.807) is 31.2 Å². The summed E-state index contributed by atoms with van der Waals surface area (Å²) < 4.78 is 0. The van der Waals surface area contributed by atoms with Gasteiger partial charge in [0.2, 0.25) is 5.91 Å². The fourth-order valence-electron chi connectivity index (χ4n) is 3.34. The Bertz CT molecular complexity index is 762. The Balaban J connectivity index is 1.72. The van der Waals surface area contributed by atoms with Crippen LogP contribution in [-0.2, 0) is 19.9 Å². The van der Waals surface area contributed by atoms with Gasteiger partial charge >= 0.3 is 12.0 Å². The molecule has 4 amide bonds. The van der Waals surface area contributed by atoms with Crippen molar-refractivity contribution in [2.24, 2.45) is 11.8 Å². The molecule has 1 aromatic rings. The van der Waals surface area contributed by atoms with Crippen molar-refractivity contribution in [3.05, 3.63) is 29.8 Å². The molecule has 1 aliphatic heterocycles. The van der Waals surface area contributed by atoms with Crippen LogP contribution in [0, 0.1) is 11.8 Å². The predicted octanol–water partition coefficient (Wildman–Crippen LogP) is 1.18. The van der Waals surface area contributed by atoms with Crippen LogP contribution in [0.5, 0.6) is 0 Å². The molecule has 3 rings (SSSR count). The van der Waals surface area contributed by atoms with E-state index in [-0.39, 0.29) is 11.8 Å². The molecule has 0 spiro atoms. The van der Waals surface area contributed by atoms with Crippen LogP contribution in [0.15, 0.2) is 24.3 Å². The van der Waals surface area contributed by atoms with Crippen molar-refractivity contribution in [1.82, 2.24) is 10.6 Å². The van der Waals surface area contributed by atoms with E-state index >= 15 is 0 Å². The summed E-state index contributed by atoms with van der Waals surface area (Å²) in [6.07, 6.45) is 1.37. The molecule has 1 unspecified atom stereocenters. The largest absolute Gasteiger partial charge is 0.481 e. The molecule has 8 nitrogen and oxygen atoms in total. The van der Waals surface area contributed by atoms with Gasteiger partial charge in [-0.25, -0.2) is 4.79 Å². The number of amides is 4. The summed E-state index contributed by atoms with van der Waals surface area (Å²) in [6.45, 7) is 1.59. The third kappa shape index (κ3) is 3.19. The molecule has 1 heterocycles. The van der Waals surface area contributed by atoms with Gasteiger partial charge in [0.05, 0.1) is 5.92 Å². The molecule has 132 valence electrons. The lowest BCUT2D eigenvalue weighted by atomic mass is 9.92. The second kappa shape index (κ2) is 6.19. The zero-order valence-electron chi connectivity index (χ0n) is 13.7. The standard InChI is InChI=1S/C17H19N3O5/c1-17(15(24)19-16(25)20-17)11-3-2-4-12(8-11)18-13(21)9-5-6-10(7-9)14(22)23/h2-4,8-10H,5-7H2,1H3,(H,18,21)(H,22,23)(H2,19,20,24,25)/t9-,10+,17?/m1/s1. The number of anilines is 1. The minimum Gasteiger partial charge on any atom is -0.481 e. The number of carboxylic acid groups (broad SMARTS) is 1. The summed E-state index contributed by atoms with van der Waals surface area (Å²) in [5.74, 6) is -2.37. The Morgan fingerprint density at radius 1 is 1.24 bits per heavy atom. The Hall–Kier alpha value is -2.90. The van der Waals surface area contributed by atoms with Crippen LogP contribution < -0.4 is 16.0 Å². The molecule has 0 bridgehead atoms. The second-order valence-electron chi connectivity index (χ2n) is 6.65. The molecule has 1 aromatic carbocycles. The van der Waals surface area contributed by atoms with Gasteiger partial charge in [0.15, 0.2) is 0 Å². The van der Waals surface area contributed by atoms with Crippen molar-refractivity contribution in [3.63, 3.8) is 0 Å². The van der Waals surface area contributed by atoms with Crippen molar-refractivity contribution in [3.8, 4) is 0 Å². The van der Waals surface area contributed by atoms with E-state index < -0.39 is 29.4 Å². The van der Waals surface area contributed by atoms with Gasteiger partial charge < -0.3 is 15.7 Å². The highest BCUT2D eigenvalue weighted by molar-refractivity contribution is 6.07. The van der Waals surface area contributed by atoms with Crippen LogP contribution in [-0.4, -0.2) is 28.9 Å². The molecular weight excluding hydrogens is 326 g/mol. The molecule has 1 saturated heterocycles. The zero-order valence-corrected chi connectivity index (χ0v) is 13.7. The lowest BCUT2D eigenvalue weighted by molar-refractivity contribution is -0.141. The molecule has 4 N–H and O–H groups in total. The van der Waals surface area contributed by atoms with Crippen LogP contribution >= 0.6 is 0 Å². The Morgan fingerprint density at radius 3 is 2.56 bits per heavy atom. The van der Waals surface area contributed by atoms with Crippen LogP contribution in [0.25, 0.3) is 0 Å². The summed E-state index contributed by atoms with van der Waals surface area (Å²) in [5.41, 5.74) is -0.153. The number of aliphatic carboxylic acids is 1. The van der Waals surface area contributed by atoms with Gasteiger partial charge in [-0.15, -0.1) is 0 Å². The average molecular weight is 345 g/mol. The fraction of sp³-hybridized carbons (Fsp3) is 0.412. The number of carbonyl (C=O) groups is 4. The van der Waals surface area contributed by atoms with Gasteiger partial charge in [0, 0.05) is 11.6 Å². The molecule has 1 aliphatic carbocycles. The summed E-state index contributed by atoms with van der Waals surface area (Å²) in [7, 11) is 0. The van der Waals surface area contributed by atoms with Crippen molar-refractivity contribution in [1.29, 1.82) is 0 Å². The number of imide groups is 1. The lowest BCUT2D eigenvalue weighted by Crippen LogP contribution is -2.40. The van der Waals surface area contributed by atoms with Crippen LogP contribution in [0.2, 0.25) is 0 Å². The average Bonchev–Trinajstić information content (AvgIpc) is 3.14. The maximum Gasteiger partial charge on any atom is 0.322 e. The highest BCUT2D eigenvalue weighted by Gasteiger charge is 2.43. The van der Waals surface area contributed by atoms with E-state index in [0.29, 0.717) is 30.5 Å². The normalized spacial score (nSPS) is 28.4. The summed E-state index contributed by atoms with van der Waals surface area (Å²) >= 11 is 0. The topological polar surface area (TPSA) is 125 Å². The van der Waals surface area contributed by atoms with Crippen molar-refractivity contribution >= 4 is 29.5 Å². The van der Waals surface area contributed by atoms with E-state index in [1.165, 1.54) is 0 Å². The number of carboxylic acids is 1. The predicted molar refractivity (Wildman–Crippen MR) is 87.6 cm³/mol. The quantitative estimate of drug-likeness (QED) is 0.610. The van der Waals surface area contributed by atoms with E-state index in [2.05, 4.69) is 16.0 Å². The molecule has 2 aliphatic rings. The SMILES string of the molecule is CC1(c2cccc(NC(=O)[C@@H]3CC[C@H](C(=O)O)C3)c2)NC(=O)NC1=O. The highest BCUT2D eigenvalue weighted by atomic mass is 16.4. The van der Waals surface area contributed by atoms with Gasteiger partial charge in [0.1, 0.15) is 5.54 Å². The minimum atomic E-state index is -1.19. The van der Waals surface area contributed by atoms with E-state index in [4.69, 9.17) is 5.11 Å². The molecule has 8 heteroatoms. The maximum absolute atomic E-state index is 12.4. The van der Waals surface area contributed by atoms with Gasteiger partial charge in [-0.05, 0) is 43.9 Å². The first-order chi connectivity index (χ1) is 11.8. The minimum absolute atomic E-state index is 0.231. The third-order valence-corrected chi connectivity index (χ3v) is 4.90. The molecule has 1 saturated carbocycles. The van der Waals surface area contributed by atoms with Crippen LogP contribution in [0.1, 0.15) is 31.7 Å². The first kappa shape index (κ1) is 16.9. The van der Waals surface area contributed by atoms with Crippen LogP contribution in [0.4, 0.5) is 10.5 Å². The molecular formula is C17H19N3O5. The Labute approximate surface area is 144 Å². The van der Waals surface area contributed by atoms with Gasteiger partial charge in [-0.2, -0.15) is 0 Å². The van der Waals surface area contributed by atoms with Crippen molar-refractivity contribution in [2.75, 3.05) is 5.32 Å². The second-order valence-corrected chi connectivity index (χ2v) is 6.65. The van der Waals surface area contributed by atoms with E-state index in [0.717, 1.165) is 0 Å². The van der Waals surface area contributed by atoms with Gasteiger partial charge in [-0.3, -0.25) is 19.7 Å². The monoisotopic (exact) mass is 345 g/mol. The summed E-state index contributed by atoms with van der Waals surface area (Å²) in [5, 5.41) is 16.6. The third-order valence-electron chi connectivity index (χ3n) is 4.90. The Morgan fingerprint density at radius 2 is 1.96 bits per heavy atom. The maximum atomic E-state index is 12.4. The molecule has 0 radical (unpaired) electrons. The lowest BCUT2D eigenvalue weighted by Gasteiger charge is -2.22.